The van der Waals surface area contributed by atoms with Gasteiger partial charge in [-0.2, -0.15) is 0 Å². The minimum absolute atomic E-state index is 0.596. The van der Waals surface area contributed by atoms with Crippen LogP contribution in [0.25, 0.3) is 0 Å². The van der Waals surface area contributed by atoms with Crippen LogP contribution in [0.3, 0.4) is 0 Å². The number of hydrogen-bond acceptors (Lipinski definition) is 3. The van der Waals surface area contributed by atoms with Gasteiger partial charge in [-0.3, -0.25) is 9.88 Å². The van der Waals surface area contributed by atoms with Gasteiger partial charge in [0, 0.05) is 24.8 Å². The van der Waals surface area contributed by atoms with E-state index >= 15 is 0 Å². The highest BCUT2D eigenvalue weighted by Gasteiger charge is 2.14. The minimum Gasteiger partial charge on any atom is -0.315 e. The Kier molecular flexibility index (Phi) is 7.68. The smallest absolute Gasteiger partial charge is 0.0547 e. The van der Waals surface area contributed by atoms with Gasteiger partial charge in [0.15, 0.2) is 0 Å². The van der Waals surface area contributed by atoms with Crippen LogP contribution in [0, 0.1) is 6.92 Å². The Morgan fingerprint density at radius 1 is 1.26 bits per heavy atom. The summed E-state index contributed by atoms with van der Waals surface area (Å²) in [4.78, 5) is 7.01. The maximum atomic E-state index is 4.59. The molecule has 1 rings (SSSR count). The second-order valence-electron chi connectivity index (χ2n) is 5.33. The molecule has 0 bridgehead atoms. The number of nitrogens with one attached hydrogen (secondary N) is 1. The van der Waals surface area contributed by atoms with Crippen LogP contribution < -0.4 is 5.32 Å². The molecule has 1 aromatic heterocycles. The molecule has 19 heavy (non-hydrogen) atoms. The summed E-state index contributed by atoms with van der Waals surface area (Å²) in [5, 5.41) is 3.54. The Labute approximate surface area is 118 Å². The van der Waals surface area contributed by atoms with E-state index in [-0.39, 0.29) is 0 Å². The van der Waals surface area contributed by atoms with Crippen molar-refractivity contribution < 1.29 is 0 Å². The SMILES string of the molecule is CCCNCC(CCC)N(C)Cc1cccc(C)n1. The fourth-order valence-corrected chi connectivity index (χ4v) is 2.33. The topological polar surface area (TPSA) is 28.2 Å². The molecule has 0 fully saturated rings. The summed E-state index contributed by atoms with van der Waals surface area (Å²) in [6.45, 7) is 9.63. The average Bonchev–Trinajstić information content (AvgIpc) is 2.38. The lowest BCUT2D eigenvalue weighted by atomic mass is 10.1. The Balaban J connectivity index is 2.52. The van der Waals surface area contributed by atoms with E-state index in [0.29, 0.717) is 6.04 Å². The number of pyridine rings is 1. The second-order valence-corrected chi connectivity index (χ2v) is 5.33. The van der Waals surface area contributed by atoms with Crippen molar-refractivity contribution in [3.8, 4) is 0 Å². The van der Waals surface area contributed by atoms with Gasteiger partial charge in [0.2, 0.25) is 0 Å². The van der Waals surface area contributed by atoms with E-state index in [4.69, 9.17) is 0 Å². The number of hydrogen-bond donors (Lipinski definition) is 1. The predicted octanol–water partition coefficient (Wildman–Crippen LogP) is 2.99. The normalized spacial score (nSPS) is 12.9. The fourth-order valence-electron chi connectivity index (χ4n) is 2.33. The molecule has 0 amide bonds. The molecule has 108 valence electrons. The van der Waals surface area contributed by atoms with E-state index < -0.39 is 0 Å². The molecule has 0 saturated heterocycles. The number of aromatic nitrogens is 1. The molecule has 0 aliphatic heterocycles. The van der Waals surface area contributed by atoms with Crippen LogP contribution in [0.1, 0.15) is 44.5 Å². The Hall–Kier alpha value is -0.930. The molecular weight excluding hydrogens is 234 g/mol. The Morgan fingerprint density at radius 3 is 2.68 bits per heavy atom. The van der Waals surface area contributed by atoms with E-state index in [0.717, 1.165) is 25.3 Å². The fraction of sp³-hybridized carbons (Fsp3) is 0.688. The van der Waals surface area contributed by atoms with Crippen molar-refractivity contribution in [2.24, 2.45) is 0 Å². The molecule has 0 aromatic carbocycles. The first-order valence-corrected chi connectivity index (χ1v) is 7.50. The average molecular weight is 263 g/mol. The van der Waals surface area contributed by atoms with E-state index in [1.54, 1.807) is 0 Å². The molecular formula is C16H29N3. The number of rotatable bonds is 9. The molecule has 0 aliphatic rings. The van der Waals surface area contributed by atoms with Gasteiger partial charge in [-0.05, 0) is 45.5 Å². The largest absolute Gasteiger partial charge is 0.315 e. The zero-order valence-electron chi connectivity index (χ0n) is 12.9. The van der Waals surface area contributed by atoms with Crippen LogP contribution in [-0.4, -0.2) is 36.1 Å². The van der Waals surface area contributed by atoms with Crippen molar-refractivity contribution in [2.75, 3.05) is 20.1 Å². The third-order valence-electron chi connectivity index (χ3n) is 3.41. The van der Waals surface area contributed by atoms with Crippen LogP contribution in [0.5, 0.6) is 0 Å². The highest BCUT2D eigenvalue weighted by Crippen LogP contribution is 2.09. The van der Waals surface area contributed by atoms with Gasteiger partial charge in [0.25, 0.3) is 0 Å². The summed E-state index contributed by atoms with van der Waals surface area (Å²) in [6.07, 6.45) is 3.66. The van der Waals surface area contributed by atoms with Gasteiger partial charge < -0.3 is 5.32 Å². The van der Waals surface area contributed by atoms with Crippen molar-refractivity contribution in [1.82, 2.24) is 15.2 Å². The minimum atomic E-state index is 0.596. The lowest BCUT2D eigenvalue weighted by Crippen LogP contribution is -2.40. The second kappa shape index (κ2) is 9.05. The molecule has 1 unspecified atom stereocenters. The third-order valence-corrected chi connectivity index (χ3v) is 3.41. The van der Waals surface area contributed by atoms with Gasteiger partial charge in [-0.15, -0.1) is 0 Å². The molecule has 1 N–H and O–H groups in total. The van der Waals surface area contributed by atoms with Crippen LogP contribution in [0.15, 0.2) is 18.2 Å². The molecule has 3 nitrogen and oxygen atoms in total. The lowest BCUT2D eigenvalue weighted by molar-refractivity contribution is 0.212. The summed E-state index contributed by atoms with van der Waals surface area (Å²) < 4.78 is 0. The number of aryl methyl sites for hydroxylation is 1. The first kappa shape index (κ1) is 16.1. The van der Waals surface area contributed by atoms with Crippen molar-refractivity contribution in [2.45, 2.75) is 52.6 Å². The summed E-state index contributed by atoms with van der Waals surface area (Å²) in [5.74, 6) is 0. The van der Waals surface area contributed by atoms with E-state index in [1.165, 1.54) is 25.0 Å². The van der Waals surface area contributed by atoms with Crippen LogP contribution >= 0.6 is 0 Å². The molecule has 0 spiro atoms. The maximum Gasteiger partial charge on any atom is 0.0547 e. The molecule has 0 saturated carbocycles. The number of nitrogens with zero attached hydrogens (tertiary/aromatic N) is 2. The molecule has 1 atom stereocenters. The van der Waals surface area contributed by atoms with E-state index in [9.17, 15) is 0 Å². The van der Waals surface area contributed by atoms with E-state index in [2.05, 4.69) is 61.2 Å². The first-order valence-electron chi connectivity index (χ1n) is 7.50. The monoisotopic (exact) mass is 263 g/mol. The van der Waals surface area contributed by atoms with Crippen LogP contribution in [-0.2, 0) is 6.54 Å². The standard InChI is InChI=1S/C16H29N3/c1-5-8-16(12-17-11-6-2)19(4)13-15-10-7-9-14(3)18-15/h7,9-10,16-17H,5-6,8,11-13H2,1-4H3. The summed E-state index contributed by atoms with van der Waals surface area (Å²) >= 11 is 0. The molecule has 1 heterocycles. The highest BCUT2D eigenvalue weighted by atomic mass is 15.2. The Morgan fingerprint density at radius 2 is 2.05 bits per heavy atom. The summed E-state index contributed by atoms with van der Waals surface area (Å²) in [6, 6.07) is 6.86. The summed E-state index contributed by atoms with van der Waals surface area (Å²) in [7, 11) is 2.21. The Bertz CT molecular complexity index is 352. The first-order chi connectivity index (χ1) is 9.17. The third kappa shape index (κ3) is 6.17. The zero-order chi connectivity index (χ0) is 14.1. The van der Waals surface area contributed by atoms with Gasteiger partial charge in [0.1, 0.15) is 0 Å². The van der Waals surface area contributed by atoms with Gasteiger partial charge in [0.05, 0.1) is 5.69 Å². The molecule has 3 heteroatoms. The molecule has 0 aliphatic carbocycles. The van der Waals surface area contributed by atoms with Crippen LogP contribution in [0.2, 0.25) is 0 Å². The predicted molar refractivity (Wildman–Crippen MR) is 82.3 cm³/mol. The van der Waals surface area contributed by atoms with Crippen molar-refractivity contribution in [1.29, 1.82) is 0 Å². The van der Waals surface area contributed by atoms with E-state index in [1.807, 2.05) is 0 Å². The van der Waals surface area contributed by atoms with Gasteiger partial charge in [-0.1, -0.05) is 26.3 Å². The summed E-state index contributed by atoms with van der Waals surface area (Å²) in [5.41, 5.74) is 2.26. The van der Waals surface area contributed by atoms with Crippen LogP contribution in [0.4, 0.5) is 0 Å². The van der Waals surface area contributed by atoms with Crippen molar-refractivity contribution >= 4 is 0 Å². The highest BCUT2D eigenvalue weighted by molar-refractivity contribution is 5.09. The van der Waals surface area contributed by atoms with Crippen molar-refractivity contribution in [3.63, 3.8) is 0 Å². The zero-order valence-corrected chi connectivity index (χ0v) is 12.9. The molecule has 1 aromatic rings. The van der Waals surface area contributed by atoms with Crippen molar-refractivity contribution in [3.05, 3.63) is 29.6 Å². The van der Waals surface area contributed by atoms with Gasteiger partial charge >= 0.3 is 0 Å². The van der Waals surface area contributed by atoms with Gasteiger partial charge in [-0.25, -0.2) is 0 Å². The lowest BCUT2D eigenvalue weighted by Gasteiger charge is -2.28. The quantitative estimate of drug-likeness (QED) is 0.694. The molecule has 0 radical (unpaired) electrons. The number of likely N-dealkylation sites (N-methyl/N-ethyl adjacent to an activating group) is 1. The maximum absolute atomic E-state index is 4.59.